The van der Waals surface area contributed by atoms with Crippen molar-refractivity contribution in [2.45, 2.75) is 11.4 Å². The van der Waals surface area contributed by atoms with Crippen molar-refractivity contribution < 1.29 is 8.42 Å². The maximum absolute atomic E-state index is 11.8. The Balaban J connectivity index is 2.33. The second-order valence-electron chi connectivity index (χ2n) is 4.18. The van der Waals surface area contributed by atoms with E-state index in [0.29, 0.717) is 21.7 Å². The van der Waals surface area contributed by atoms with Crippen LogP contribution in [0.25, 0.3) is 0 Å². The average molecular weight is 376 g/mol. The predicted molar refractivity (Wildman–Crippen MR) is 83.8 cm³/mol. The van der Waals surface area contributed by atoms with Crippen molar-refractivity contribution in [2.75, 3.05) is 11.6 Å². The highest BCUT2D eigenvalue weighted by atomic mass is 79.9. The fourth-order valence-electron chi connectivity index (χ4n) is 1.76. The van der Waals surface area contributed by atoms with Crippen molar-refractivity contribution >= 4 is 43.1 Å². The zero-order chi connectivity index (χ0) is 14.8. The molecular weight excluding hydrogens is 364 g/mol. The van der Waals surface area contributed by atoms with Gasteiger partial charge in [0.15, 0.2) is 9.84 Å². The van der Waals surface area contributed by atoms with E-state index in [1.165, 1.54) is 6.26 Å². The normalized spacial score (nSPS) is 11.3. The van der Waals surface area contributed by atoms with E-state index in [2.05, 4.69) is 26.2 Å². The average Bonchev–Trinajstić information content (AvgIpc) is 2.37. The molecule has 0 aliphatic heterocycles. The molecule has 0 aliphatic rings. The molecule has 0 bridgehead atoms. The van der Waals surface area contributed by atoms with Gasteiger partial charge in [-0.3, -0.25) is 0 Å². The van der Waals surface area contributed by atoms with E-state index in [0.717, 1.165) is 5.69 Å². The van der Waals surface area contributed by atoms with Crippen LogP contribution in [0.15, 0.2) is 46.0 Å². The van der Waals surface area contributed by atoms with Crippen molar-refractivity contribution in [3.63, 3.8) is 0 Å². The molecule has 0 amide bonds. The van der Waals surface area contributed by atoms with Crippen LogP contribution in [-0.4, -0.2) is 19.7 Å². The van der Waals surface area contributed by atoms with Gasteiger partial charge in [-0.2, -0.15) is 0 Å². The number of sulfone groups is 1. The molecule has 0 saturated carbocycles. The number of pyridine rings is 1. The van der Waals surface area contributed by atoms with Crippen LogP contribution in [0.3, 0.4) is 0 Å². The monoisotopic (exact) mass is 374 g/mol. The summed E-state index contributed by atoms with van der Waals surface area (Å²) in [7, 11) is -3.32. The molecule has 0 atom stereocenters. The number of nitrogens with one attached hydrogen (secondary N) is 1. The molecule has 2 aromatic rings. The van der Waals surface area contributed by atoms with Gasteiger partial charge in [-0.15, -0.1) is 0 Å². The first-order chi connectivity index (χ1) is 9.39. The summed E-state index contributed by atoms with van der Waals surface area (Å²) in [5.41, 5.74) is 1.32. The molecule has 1 N–H and O–H groups in total. The van der Waals surface area contributed by atoms with Gasteiger partial charge in [-0.25, -0.2) is 13.4 Å². The Morgan fingerprint density at radius 2 is 2.05 bits per heavy atom. The molecule has 0 aliphatic carbocycles. The minimum atomic E-state index is -3.32. The molecular formula is C13H12BrClN2O2S. The predicted octanol–water partition coefficient (Wildman–Crippen LogP) is 3.51. The third-order valence-corrected chi connectivity index (χ3v) is 4.86. The standard InChI is InChI=1S/C13H12BrClN2O2S/c1-20(18,19)12-6-2-4-10(15)9(12)8-17-11-5-3-7-16-13(11)14/h2-7,17H,8H2,1H3. The van der Waals surface area contributed by atoms with Gasteiger partial charge in [0, 0.05) is 29.6 Å². The lowest BCUT2D eigenvalue weighted by molar-refractivity contribution is 0.601. The first-order valence-corrected chi connectivity index (χ1v) is 8.77. The zero-order valence-electron chi connectivity index (χ0n) is 10.6. The van der Waals surface area contributed by atoms with E-state index in [1.807, 2.05) is 6.07 Å². The SMILES string of the molecule is CS(=O)(=O)c1cccc(Cl)c1CNc1cccnc1Br. The smallest absolute Gasteiger partial charge is 0.175 e. The van der Waals surface area contributed by atoms with Gasteiger partial charge in [0.1, 0.15) is 4.60 Å². The fraction of sp³-hybridized carbons (Fsp3) is 0.154. The molecule has 7 heteroatoms. The summed E-state index contributed by atoms with van der Waals surface area (Å²) < 4.78 is 24.2. The molecule has 1 heterocycles. The quantitative estimate of drug-likeness (QED) is 0.831. The lowest BCUT2D eigenvalue weighted by Gasteiger charge is -2.12. The molecule has 20 heavy (non-hydrogen) atoms. The number of benzene rings is 1. The number of hydrogen-bond acceptors (Lipinski definition) is 4. The second-order valence-corrected chi connectivity index (χ2v) is 7.33. The van der Waals surface area contributed by atoms with Crippen molar-refractivity contribution in [1.29, 1.82) is 0 Å². The Kier molecular flexibility index (Phi) is 4.67. The highest BCUT2D eigenvalue weighted by Crippen LogP contribution is 2.26. The second kappa shape index (κ2) is 6.11. The summed E-state index contributed by atoms with van der Waals surface area (Å²) in [5, 5.41) is 3.54. The van der Waals surface area contributed by atoms with E-state index in [9.17, 15) is 8.42 Å². The van der Waals surface area contributed by atoms with Crippen LogP contribution in [0.5, 0.6) is 0 Å². The molecule has 1 aromatic carbocycles. The van der Waals surface area contributed by atoms with E-state index >= 15 is 0 Å². The lowest BCUT2D eigenvalue weighted by atomic mass is 10.2. The van der Waals surface area contributed by atoms with Gasteiger partial charge in [0.05, 0.1) is 10.6 Å². The van der Waals surface area contributed by atoms with Crippen LogP contribution in [-0.2, 0) is 16.4 Å². The van der Waals surface area contributed by atoms with E-state index in [1.54, 1.807) is 30.5 Å². The van der Waals surface area contributed by atoms with Gasteiger partial charge < -0.3 is 5.32 Å². The van der Waals surface area contributed by atoms with Crippen molar-refractivity contribution in [3.05, 3.63) is 51.7 Å². The molecule has 2 rings (SSSR count). The first-order valence-electron chi connectivity index (χ1n) is 5.71. The van der Waals surface area contributed by atoms with Crippen LogP contribution < -0.4 is 5.32 Å². The van der Waals surface area contributed by atoms with Crippen LogP contribution >= 0.6 is 27.5 Å². The third kappa shape index (κ3) is 3.50. The molecule has 0 spiro atoms. The fourth-order valence-corrected chi connectivity index (χ4v) is 3.40. The Labute approximate surface area is 131 Å². The number of rotatable bonds is 4. The van der Waals surface area contributed by atoms with Gasteiger partial charge in [-0.05, 0) is 40.2 Å². The van der Waals surface area contributed by atoms with E-state index in [-0.39, 0.29) is 4.90 Å². The van der Waals surface area contributed by atoms with Gasteiger partial charge in [0.2, 0.25) is 0 Å². The number of halogens is 2. The Morgan fingerprint density at radius 1 is 1.30 bits per heavy atom. The van der Waals surface area contributed by atoms with Crippen LogP contribution in [0.2, 0.25) is 5.02 Å². The maximum Gasteiger partial charge on any atom is 0.175 e. The maximum atomic E-state index is 11.8. The Bertz CT molecular complexity index is 735. The summed E-state index contributed by atoms with van der Waals surface area (Å²) >= 11 is 9.43. The number of anilines is 1. The number of nitrogens with zero attached hydrogens (tertiary/aromatic N) is 1. The largest absolute Gasteiger partial charge is 0.379 e. The van der Waals surface area contributed by atoms with Crippen molar-refractivity contribution in [2.24, 2.45) is 0 Å². The molecule has 0 saturated heterocycles. The van der Waals surface area contributed by atoms with Crippen molar-refractivity contribution in [3.8, 4) is 0 Å². The summed E-state index contributed by atoms with van der Waals surface area (Å²) in [6.07, 6.45) is 2.83. The molecule has 106 valence electrons. The topological polar surface area (TPSA) is 59.1 Å². The number of hydrogen-bond donors (Lipinski definition) is 1. The van der Waals surface area contributed by atoms with Crippen LogP contribution in [0.4, 0.5) is 5.69 Å². The van der Waals surface area contributed by atoms with E-state index < -0.39 is 9.84 Å². The summed E-state index contributed by atoms with van der Waals surface area (Å²) in [4.78, 5) is 4.32. The summed E-state index contributed by atoms with van der Waals surface area (Å²) in [5.74, 6) is 0. The molecule has 0 radical (unpaired) electrons. The van der Waals surface area contributed by atoms with Gasteiger partial charge in [-0.1, -0.05) is 17.7 Å². The summed E-state index contributed by atoms with van der Waals surface area (Å²) in [6.45, 7) is 0.298. The summed E-state index contributed by atoms with van der Waals surface area (Å²) in [6, 6.07) is 8.48. The van der Waals surface area contributed by atoms with Gasteiger partial charge >= 0.3 is 0 Å². The minimum Gasteiger partial charge on any atom is -0.379 e. The first kappa shape index (κ1) is 15.3. The Morgan fingerprint density at radius 3 is 2.70 bits per heavy atom. The highest BCUT2D eigenvalue weighted by molar-refractivity contribution is 9.10. The third-order valence-electron chi connectivity index (χ3n) is 2.69. The molecule has 0 fully saturated rings. The van der Waals surface area contributed by atoms with Crippen LogP contribution in [0.1, 0.15) is 5.56 Å². The van der Waals surface area contributed by atoms with E-state index in [4.69, 9.17) is 11.6 Å². The molecule has 0 unspecified atom stereocenters. The highest BCUT2D eigenvalue weighted by Gasteiger charge is 2.15. The molecule has 4 nitrogen and oxygen atoms in total. The zero-order valence-corrected chi connectivity index (χ0v) is 13.8. The van der Waals surface area contributed by atoms with Gasteiger partial charge in [0.25, 0.3) is 0 Å². The Hall–Kier alpha value is -1.11. The van der Waals surface area contributed by atoms with Crippen molar-refractivity contribution in [1.82, 2.24) is 4.98 Å². The lowest BCUT2D eigenvalue weighted by Crippen LogP contribution is -2.08. The minimum absolute atomic E-state index is 0.234. The number of aromatic nitrogens is 1. The molecule has 1 aromatic heterocycles. The van der Waals surface area contributed by atoms with Crippen LogP contribution in [0, 0.1) is 0 Å².